The Morgan fingerprint density at radius 2 is 2.05 bits per heavy atom. The van der Waals surface area contributed by atoms with Gasteiger partial charge in [0.1, 0.15) is 5.82 Å². The fourth-order valence-corrected chi connectivity index (χ4v) is 3.99. The number of nitrogens with zero attached hydrogens (tertiary/aromatic N) is 3. The third-order valence-electron chi connectivity index (χ3n) is 4.87. The summed E-state index contributed by atoms with van der Waals surface area (Å²) in [6.45, 7) is 4.22. The Morgan fingerprint density at radius 3 is 2.84 bits per heavy atom. The standard InChI is InChI=1S/C15H23N3O/c1-12-14(17-9-8-16-12)18-10-4-7-15(11-18)6-3-5-13(15)19-2/h8-9,13H,3-7,10-11H2,1-2H3/t13-,15+/m1/s1. The van der Waals surface area contributed by atoms with Crippen LogP contribution in [0, 0.1) is 12.3 Å². The second-order valence-electron chi connectivity index (χ2n) is 5.97. The third kappa shape index (κ3) is 2.22. The van der Waals surface area contributed by atoms with Crippen molar-refractivity contribution in [3.05, 3.63) is 18.1 Å². The van der Waals surface area contributed by atoms with Gasteiger partial charge in [-0.15, -0.1) is 0 Å². The second kappa shape index (κ2) is 5.08. The molecule has 0 N–H and O–H groups in total. The van der Waals surface area contributed by atoms with Crippen LogP contribution in [0.25, 0.3) is 0 Å². The fraction of sp³-hybridized carbons (Fsp3) is 0.733. The Bertz CT molecular complexity index is 451. The SMILES string of the molecule is CO[C@@H]1CCC[C@@]12CCCN(c1nccnc1C)C2. The van der Waals surface area contributed by atoms with Crippen molar-refractivity contribution in [3.63, 3.8) is 0 Å². The van der Waals surface area contributed by atoms with Crippen molar-refractivity contribution < 1.29 is 4.74 Å². The van der Waals surface area contributed by atoms with Crippen molar-refractivity contribution in [3.8, 4) is 0 Å². The Hall–Kier alpha value is -1.16. The van der Waals surface area contributed by atoms with Gasteiger partial charge in [0.2, 0.25) is 0 Å². The van der Waals surface area contributed by atoms with Gasteiger partial charge in [0.05, 0.1) is 11.8 Å². The summed E-state index contributed by atoms with van der Waals surface area (Å²) < 4.78 is 5.76. The smallest absolute Gasteiger partial charge is 0.150 e. The molecule has 1 spiro atoms. The molecule has 3 rings (SSSR count). The summed E-state index contributed by atoms with van der Waals surface area (Å²) in [5.41, 5.74) is 1.38. The van der Waals surface area contributed by atoms with Crippen LogP contribution in [0.3, 0.4) is 0 Å². The average Bonchev–Trinajstić information content (AvgIpc) is 2.81. The zero-order chi connectivity index (χ0) is 13.3. The van der Waals surface area contributed by atoms with Crippen LogP contribution in [-0.2, 0) is 4.74 Å². The molecule has 0 radical (unpaired) electrons. The molecule has 0 unspecified atom stereocenters. The van der Waals surface area contributed by atoms with E-state index in [0.717, 1.165) is 24.6 Å². The van der Waals surface area contributed by atoms with Crippen molar-refractivity contribution in [2.75, 3.05) is 25.1 Å². The summed E-state index contributed by atoms with van der Waals surface area (Å²) in [5.74, 6) is 1.06. The van der Waals surface area contributed by atoms with Crippen LogP contribution in [-0.4, -0.2) is 36.3 Å². The molecule has 1 aliphatic carbocycles. The molecular formula is C15H23N3O. The molecule has 1 aromatic heterocycles. The van der Waals surface area contributed by atoms with E-state index >= 15 is 0 Å². The maximum absolute atomic E-state index is 5.76. The summed E-state index contributed by atoms with van der Waals surface area (Å²) >= 11 is 0. The predicted molar refractivity (Wildman–Crippen MR) is 75.3 cm³/mol. The fourth-order valence-electron chi connectivity index (χ4n) is 3.99. The molecule has 0 amide bonds. The van der Waals surface area contributed by atoms with Gasteiger partial charge >= 0.3 is 0 Å². The van der Waals surface area contributed by atoms with Crippen molar-refractivity contribution in [1.29, 1.82) is 0 Å². The number of hydrogen-bond donors (Lipinski definition) is 0. The average molecular weight is 261 g/mol. The van der Waals surface area contributed by atoms with Gasteiger partial charge in [0.15, 0.2) is 0 Å². The van der Waals surface area contributed by atoms with E-state index < -0.39 is 0 Å². The van der Waals surface area contributed by atoms with Crippen LogP contribution >= 0.6 is 0 Å². The minimum atomic E-state index is 0.344. The molecule has 1 aliphatic heterocycles. The lowest BCUT2D eigenvalue weighted by atomic mass is 9.76. The number of ether oxygens (including phenoxy) is 1. The highest BCUT2D eigenvalue weighted by atomic mass is 16.5. The van der Waals surface area contributed by atoms with Crippen LogP contribution in [0.15, 0.2) is 12.4 Å². The molecule has 104 valence electrons. The van der Waals surface area contributed by atoms with Gasteiger partial charge in [0.25, 0.3) is 0 Å². The second-order valence-corrected chi connectivity index (χ2v) is 5.97. The van der Waals surface area contributed by atoms with Gasteiger partial charge < -0.3 is 9.64 Å². The zero-order valence-corrected chi connectivity index (χ0v) is 11.9. The Labute approximate surface area is 115 Å². The molecule has 2 atom stereocenters. The van der Waals surface area contributed by atoms with E-state index in [9.17, 15) is 0 Å². The Kier molecular flexibility index (Phi) is 3.44. The first-order valence-corrected chi connectivity index (χ1v) is 7.30. The van der Waals surface area contributed by atoms with E-state index in [2.05, 4.69) is 14.9 Å². The molecule has 2 heterocycles. The van der Waals surface area contributed by atoms with Gasteiger partial charge in [-0.2, -0.15) is 0 Å². The molecule has 1 aromatic rings. The summed E-state index contributed by atoms with van der Waals surface area (Å²) in [5, 5.41) is 0. The summed E-state index contributed by atoms with van der Waals surface area (Å²) in [6.07, 6.45) is 10.3. The van der Waals surface area contributed by atoms with Gasteiger partial charge in [-0.05, 0) is 32.6 Å². The third-order valence-corrected chi connectivity index (χ3v) is 4.87. The highest BCUT2D eigenvalue weighted by Gasteiger charge is 2.46. The number of rotatable bonds is 2. The van der Waals surface area contributed by atoms with E-state index in [0.29, 0.717) is 11.5 Å². The molecule has 1 saturated carbocycles. The van der Waals surface area contributed by atoms with Crippen molar-refractivity contribution in [2.24, 2.45) is 5.41 Å². The number of methoxy groups -OCH3 is 1. The molecular weight excluding hydrogens is 238 g/mol. The van der Waals surface area contributed by atoms with Crippen molar-refractivity contribution >= 4 is 5.82 Å². The quantitative estimate of drug-likeness (QED) is 0.820. The van der Waals surface area contributed by atoms with Gasteiger partial charge in [-0.3, -0.25) is 4.98 Å². The highest BCUT2D eigenvalue weighted by Crippen LogP contribution is 2.47. The van der Waals surface area contributed by atoms with E-state index in [1.54, 1.807) is 12.4 Å². The summed E-state index contributed by atoms with van der Waals surface area (Å²) in [6, 6.07) is 0. The summed E-state index contributed by atoms with van der Waals surface area (Å²) in [4.78, 5) is 11.3. The van der Waals surface area contributed by atoms with Crippen LogP contribution < -0.4 is 4.90 Å². The number of aryl methyl sites for hydroxylation is 1. The Balaban J connectivity index is 1.84. The molecule has 0 bridgehead atoms. The van der Waals surface area contributed by atoms with Crippen LogP contribution in [0.4, 0.5) is 5.82 Å². The summed E-state index contributed by atoms with van der Waals surface area (Å²) in [7, 11) is 1.87. The predicted octanol–water partition coefficient (Wildman–Crippen LogP) is 2.57. The Morgan fingerprint density at radius 1 is 1.26 bits per heavy atom. The first-order chi connectivity index (χ1) is 9.25. The molecule has 1 saturated heterocycles. The monoisotopic (exact) mass is 261 g/mol. The molecule has 4 nitrogen and oxygen atoms in total. The maximum Gasteiger partial charge on any atom is 0.150 e. The first kappa shape index (κ1) is 12.9. The lowest BCUT2D eigenvalue weighted by Gasteiger charge is -2.44. The normalized spacial score (nSPS) is 31.1. The van der Waals surface area contributed by atoms with Gasteiger partial charge in [-0.25, -0.2) is 4.98 Å². The van der Waals surface area contributed by atoms with Crippen LogP contribution in [0.1, 0.15) is 37.8 Å². The van der Waals surface area contributed by atoms with E-state index in [4.69, 9.17) is 4.74 Å². The van der Waals surface area contributed by atoms with Crippen molar-refractivity contribution in [1.82, 2.24) is 9.97 Å². The minimum absolute atomic E-state index is 0.344. The van der Waals surface area contributed by atoms with E-state index in [1.807, 2.05) is 14.0 Å². The van der Waals surface area contributed by atoms with E-state index in [1.165, 1.54) is 32.1 Å². The lowest BCUT2D eigenvalue weighted by molar-refractivity contribution is 0.00213. The largest absolute Gasteiger partial charge is 0.381 e. The van der Waals surface area contributed by atoms with E-state index in [-0.39, 0.29) is 0 Å². The van der Waals surface area contributed by atoms with Gasteiger partial charge in [0, 0.05) is 38.0 Å². The number of aromatic nitrogens is 2. The number of hydrogen-bond acceptors (Lipinski definition) is 4. The number of piperidine rings is 1. The topological polar surface area (TPSA) is 38.2 Å². The maximum atomic E-state index is 5.76. The molecule has 0 aromatic carbocycles. The number of anilines is 1. The van der Waals surface area contributed by atoms with Crippen molar-refractivity contribution in [2.45, 2.75) is 45.1 Å². The van der Waals surface area contributed by atoms with Crippen LogP contribution in [0.5, 0.6) is 0 Å². The molecule has 2 aliphatic rings. The zero-order valence-electron chi connectivity index (χ0n) is 11.9. The van der Waals surface area contributed by atoms with Crippen LogP contribution in [0.2, 0.25) is 0 Å². The first-order valence-electron chi connectivity index (χ1n) is 7.30. The molecule has 4 heteroatoms. The highest BCUT2D eigenvalue weighted by molar-refractivity contribution is 5.43. The molecule has 19 heavy (non-hydrogen) atoms. The van der Waals surface area contributed by atoms with Gasteiger partial charge in [-0.1, -0.05) is 6.42 Å². The minimum Gasteiger partial charge on any atom is -0.381 e. The molecule has 2 fully saturated rings. The lowest BCUT2D eigenvalue weighted by Crippen LogP contribution is -2.48.